The van der Waals surface area contributed by atoms with Crippen LogP contribution < -0.4 is 4.74 Å². The fourth-order valence-electron chi connectivity index (χ4n) is 3.75. The summed E-state index contributed by atoms with van der Waals surface area (Å²) in [7, 11) is 0. The molecular weight excluding hydrogens is 388 g/mol. The molecule has 1 aliphatic rings. The Labute approximate surface area is 172 Å². The molecular formula is C21H19ClN6O. The molecule has 0 spiro atoms. The molecule has 1 aliphatic heterocycles. The summed E-state index contributed by atoms with van der Waals surface area (Å²) in [5.41, 5.74) is 5.47. The van der Waals surface area contributed by atoms with Gasteiger partial charge in [-0.3, -0.25) is 4.98 Å². The van der Waals surface area contributed by atoms with E-state index in [0.717, 1.165) is 47.1 Å². The maximum atomic E-state index is 6.10. The van der Waals surface area contributed by atoms with Crippen LogP contribution in [0, 0.1) is 6.92 Å². The van der Waals surface area contributed by atoms with Gasteiger partial charge in [-0.2, -0.15) is 15.4 Å². The molecule has 8 heteroatoms. The van der Waals surface area contributed by atoms with Crippen molar-refractivity contribution >= 4 is 11.6 Å². The van der Waals surface area contributed by atoms with E-state index in [9.17, 15) is 0 Å². The molecule has 4 heterocycles. The van der Waals surface area contributed by atoms with Gasteiger partial charge in [0.05, 0.1) is 24.3 Å². The summed E-state index contributed by atoms with van der Waals surface area (Å²) < 4.78 is 7.88. The summed E-state index contributed by atoms with van der Waals surface area (Å²) in [4.78, 5) is 9.06. The van der Waals surface area contributed by atoms with Crippen LogP contribution in [0.4, 0.5) is 0 Å². The summed E-state index contributed by atoms with van der Waals surface area (Å²) in [6.07, 6.45) is 6.63. The Morgan fingerprint density at radius 3 is 2.97 bits per heavy atom. The van der Waals surface area contributed by atoms with Crippen LogP contribution in [-0.2, 0) is 6.54 Å². The minimum atomic E-state index is 0.357. The van der Waals surface area contributed by atoms with E-state index < -0.39 is 0 Å². The highest BCUT2D eigenvalue weighted by molar-refractivity contribution is 6.30. The van der Waals surface area contributed by atoms with Crippen LogP contribution >= 0.6 is 11.6 Å². The number of aryl methyl sites for hydroxylation is 1. The average Bonchev–Trinajstić information content (AvgIpc) is 3.37. The van der Waals surface area contributed by atoms with Crippen molar-refractivity contribution in [2.45, 2.75) is 25.8 Å². The zero-order chi connectivity index (χ0) is 19.8. The fraction of sp³-hybridized carbons (Fsp3) is 0.238. The quantitative estimate of drug-likeness (QED) is 0.547. The number of nitrogens with one attached hydrogen (secondary N) is 1. The Hall–Kier alpha value is -3.19. The molecule has 5 rings (SSSR count). The van der Waals surface area contributed by atoms with Gasteiger partial charge in [0.15, 0.2) is 0 Å². The van der Waals surface area contributed by atoms with Gasteiger partial charge in [0.25, 0.3) is 0 Å². The highest BCUT2D eigenvalue weighted by atomic mass is 35.5. The van der Waals surface area contributed by atoms with Crippen LogP contribution in [0.2, 0.25) is 5.02 Å². The lowest BCUT2D eigenvalue weighted by Crippen LogP contribution is -2.18. The van der Waals surface area contributed by atoms with Crippen molar-refractivity contribution in [3.8, 4) is 28.4 Å². The van der Waals surface area contributed by atoms with Crippen LogP contribution in [-0.4, -0.2) is 36.6 Å². The van der Waals surface area contributed by atoms with Crippen molar-refractivity contribution in [1.82, 2.24) is 29.9 Å². The van der Waals surface area contributed by atoms with Crippen molar-refractivity contribution in [2.75, 3.05) is 6.61 Å². The van der Waals surface area contributed by atoms with Gasteiger partial charge in [-0.1, -0.05) is 17.7 Å². The van der Waals surface area contributed by atoms with Crippen molar-refractivity contribution in [3.63, 3.8) is 0 Å². The number of hydrogen-bond donors (Lipinski definition) is 1. The molecule has 3 aromatic heterocycles. The van der Waals surface area contributed by atoms with Crippen molar-refractivity contribution in [2.24, 2.45) is 0 Å². The van der Waals surface area contributed by atoms with Crippen molar-refractivity contribution in [3.05, 3.63) is 65.3 Å². The maximum Gasteiger partial charge on any atom is 0.124 e. The Kier molecular flexibility index (Phi) is 4.52. The molecule has 4 aromatic rings. The summed E-state index contributed by atoms with van der Waals surface area (Å²) in [6.45, 7) is 3.44. The predicted octanol–water partition coefficient (Wildman–Crippen LogP) is 4.26. The Morgan fingerprint density at radius 1 is 1.17 bits per heavy atom. The second kappa shape index (κ2) is 7.33. The molecule has 0 fully saturated rings. The van der Waals surface area contributed by atoms with Gasteiger partial charge in [-0.25, -0.2) is 4.98 Å². The molecule has 7 nitrogen and oxygen atoms in total. The van der Waals surface area contributed by atoms with Gasteiger partial charge in [0.1, 0.15) is 17.1 Å². The SMILES string of the molecule is Cc1n[nH]nc1-c1ccnc(-c2cn(C[C@@H]3CCOc4cc(Cl)ccc43)cn2)c1. The number of aromatic nitrogens is 6. The molecule has 0 saturated carbocycles. The minimum Gasteiger partial charge on any atom is -0.493 e. The normalized spacial score (nSPS) is 15.7. The summed E-state index contributed by atoms with van der Waals surface area (Å²) >= 11 is 6.10. The number of fused-ring (bicyclic) bond motifs is 1. The smallest absolute Gasteiger partial charge is 0.124 e. The molecule has 1 N–H and O–H groups in total. The van der Waals surface area contributed by atoms with Crippen molar-refractivity contribution in [1.29, 1.82) is 0 Å². The maximum absolute atomic E-state index is 6.10. The number of ether oxygens (including phenoxy) is 1. The number of hydrogen-bond acceptors (Lipinski definition) is 5. The second-order valence-corrected chi connectivity index (χ2v) is 7.60. The lowest BCUT2D eigenvalue weighted by atomic mass is 9.93. The molecule has 0 unspecified atom stereocenters. The highest BCUT2D eigenvalue weighted by Gasteiger charge is 2.22. The van der Waals surface area contributed by atoms with E-state index in [1.54, 1.807) is 6.20 Å². The third-order valence-corrected chi connectivity index (χ3v) is 5.46. The number of imidazole rings is 1. The highest BCUT2D eigenvalue weighted by Crippen LogP contribution is 2.36. The molecule has 146 valence electrons. The Balaban J connectivity index is 1.39. The van der Waals surface area contributed by atoms with E-state index in [4.69, 9.17) is 16.3 Å². The molecule has 0 amide bonds. The fourth-order valence-corrected chi connectivity index (χ4v) is 3.91. The first-order valence-electron chi connectivity index (χ1n) is 9.45. The van der Waals surface area contributed by atoms with Crippen LogP contribution in [0.1, 0.15) is 23.6 Å². The minimum absolute atomic E-state index is 0.357. The lowest BCUT2D eigenvalue weighted by Gasteiger charge is -2.26. The number of aromatic amines is 1. The summed E-state index contributed by atoms with van der Waals surface area (Å²) in [5, 5.41) is 11.7. The van der Waals surface area contributed by atoms with Gasteiger partial charge < -0.3 is 9.30 Å². The van der Waals surface area contributed by atoms with Gasteiger partial charge >= 0.3 is 0 Å². The zero-order valence-electron chi connectivity index (χ0n) is 15.8. The molecule has 1 atom stereocenters. The van der Waals surface area contributed by atoms with Gasteiger partial charge in [0.2, 0.25) is 0 Å². The number of benzene rings is 1. The third-order valence-electron chi connectivity index (χ3n) is 5.22. The first-order chi connectivity index (χ1) is 14.2. The first-order valence-corrected chi connectivity index (χ1v) is 9.83. The second-order valence-electron chi connectivity index (χ2n) is 7.16. The lowest BCUT2D eigenvalue weighted by molar-refractivity contribution is 0.259. The van der Waals surface area contributed by atoms with Crippen LogP contribution in [0.3, 0.4) is 0 Å². The standard InChI is InChI=1S/C21H19ClN6O/c1-13-21(26-27-25-13)14-4-6-23-18(8-14)19-11-28(12-24-19)10-15-5-7-29-20-9-16(22)2-3-17(15)20/h2-4,6,8-9,11-12,15H,5,7,10H2,1H3,(H,25,26,27)/t15-/m0/s1. The van der Waals surface area contributed by atoms with Crippen LogP contribution in [0.25, 0.3) is 22.6 Å². The van der Waals surface area contributed by atoms with E-state index in [-0.39, 0.29) is 0 Å². The van der Waals surface area contributed by atoms with E-state index in [1.165, 1.54) is 5.56 Å². The monoisotopic (exact) mass is 406 g/mol. The average molecular weight is 407 g/mol. The van der Waals surface area contributed by atoms with E-state index in [0.29, 0.717) is 17.5 Å². The van der Waals surface area contributed by atoms with Gasteiger partial charge in [-0.05, 0) is 43.2 Å². The Bertz CT molecular complexity index is 1170. The van der Waals surface area contributed by atoms with Gasteiger partial charge in [0, 0.05) is 35.4 Å². The Morgan fingerprint density at radius 2 is 2.10 bits per heavy atom. The van der Waals surface area contributed by atoms with Gasteiger partial charge in [-0.15, -0.1) is 0 Å². The van der Waals surface area contributed by atoms with E-state index in [1.807, 2.05) is 43.7 Å². The third kappa shape index (κ3) is 3.49. The van der Waals surface area contributed by atoms with Crippen LogP contribution in [0.15, 0.2) is 49.1 Å². The number of pyridine rings is 1. The van der Waals surface area contributed by atoms with Crippen LogP contribution in [0.5, 0.6) is 5.75 Å². The molecule has 0 saturated heterocycles. The topological polar surface area (TPSA) is 81.5 Å². The molecule has 0 aliphatic carbocycles. The first kappa shape index (κ1) is 17.9. The molecule has 1 aromatic carbocycles. The largest absolute Gasteiger partial charge is 0.493 e. The summed E-state index contributed by atoms with van der Waals surface area (Å²) in [5.74, 6) is 1.24. The number of nitrogens with zero attached hydrogens (tertiary/aromatic N) is 5. The van der Waals surface area contributed by atoms with Crippen molar-refractivity contribution < 1.29 is 4.74 Å². The molecule has 29 heavy (non-hydrogen) atoms. The van der Waals surface area contributed by atoms with E-state index in [2.05, 4.69) is 36.0 Å². The van der Waals surface area contributed by atoms with E-state index >= 15 is 0 Å². The number of H-pyrrole nitrogens is 1. The predicted molar refractivity (Wildman–Crippen MR) is 110 cm³/mol. The molecule has 0 bridgehead atoms. The molecule has 0 radical (unpaired) electrons. The summed E-state index contributed by atoms with van der Waals surface area (Å²) in [6, 6.07) is 9.79. The zero-order valence-corrected chi connectivity index (χ0v) is 16.6. The number of halogens is 1. The number of rotatable bonds is 4.